The van der Waals surface area contributed by atoms with E-state index in [0.29, 0.717) is 23.7 Å². The normalized spacial score (nSPS) is 12.0. The summed E-state index contributed by atoms with van der Waals surface area (Å²) in [6.07, 6.45) is 0.778. The molecule has 0 spiro atoms. The standard InChI is InChI=1S/C26H34O3.H2OP/c1-17(2)13-14-29-25(28)23(20-11-9-8-10-12-20)24(27)22-18(3)15-21(16-19(22)4)26(5,6)7;1-2/h8-12,15-17,23H,13-14H2,1-7H3;2H2/q;+1. The van der Waals surface area contributed by atoms with Crippen molar-refractivity contribution in [1.29, 1.82) is 0 Å². The molecule has 0 aromatic heterocycles. The minimum Gasteiger partial charge on any atom is -0.465 e. The summed E-state index contributed by atoms with van der Waals surface area (Å²) < 4.78 is 13.7. The highest BCUT2D eigenvalue weighted by atomic mass is 31.0. The van der Waals surface area contributed by atoms with Crippen molar-refractivity contribution >= 4 is 20.9 Å². The number of hydrogen-bond acceptors (Lipinski definition) is 4. The van der Waals surface area contributed by atoms with Gasteiger partial charge >= 0.3 is 15.1 Å². The molecule has 2 unspecified atom stereocenters. The van der Waals surface area contributed by atoms with Crippen LogP contribution in [0.2, 0.25) is 0 Å². The Morgan fingerprint density at radius 2 is 1.48 bits per heavy atom. The second-order valence-corrected chi connectivity index (χ2v) is 9.29. The van der Waals surface area contributed by atoms with Gasteiger partial charge in [-0.05, 0) is 53.9 Å². The summed E-state index contributed by atoms with van der Waals surface area (Å²) in [5.41, 5.74) is 4.26. The lowest BCUT2D eigenvalue weighted by Gasteiger charge is -2.23. The minimum atomic E-state index is -0.943. The van der Waals surface area contributed by atoms with Crippen LogP contribution < -0.4 is 0 Å². The lowest BCUT2D eigenvalue weighted by Crippen LogP contribution is -2.26. The van der Waals surface area contributed by atoms with Gasteiger partial charge < -0.3 is 4.74 Å². The molecule has 0 fully saturated rings. The Labute approximate surface area is 189 Å². The number of aryl methyl sites for hydroxylation is 2. The number of ether oxygens (including phenoxy) is 1. The SMILES string of the molecule is Cc1cc(C(C)(C)C)cc(C)c1C(=O)C(C(=O)OCCC(C)C)c1ccccc1.O=[PH2+]. The lowest BCUT2D eigenvalue weighted by atomic mass is 9.81. The van der Waals surface area contributed by atoms with Crippen LogP contribution in [-0.4, -0.2) is 18.4 Å². The fourth-order valence-corrected chi connectivity index (χ4v) is 3.45. The first kappa shape index (κ1) is 26.7. The zero-order valence-electron chi connectivity index (χ0n) is 19.8. The van der Waals surface area contributed by atoms with E-state index in [1.54, 1.807) is 0 Å². The molecular weight excluding hydrogens is 407 g/mol. The van der Waals surface area contributed by atoms with Crippen LogP contribution in [0.5, 0.6) is 0 Å². The fraction of sp³-hybridized carbons (Fsp3) is 0.462. The minimum absolute atomic E-state index is 0.00823. The molecule has 0 saturated heterocycles. The lowest BCUT2D eigenvalue weighted by molar-refractivity contribution is -0.144. The molecule has 0 radical (unpaired) electrons. The molecule has 2 aromatic rings. The van der Waals surface area contributed by atoms with E-state index in [4.69, 9.17) is 9.30 Å². The summed E-state index contributed by atoms with van der Waals surface area (Å²) in [7, 11) is 1.17. The zero-order valence-corrected chi connectivity index (χ0v) is 21.0. The van der Waals surface area contributed by atoms with Crippen molar-refractivity contribution in [1.82, 2.24) is 0 Å². The maximum atomic E-state index is 13.6. The maximum absolute atomic E-state index is 13.6. The number of esters is 1. The van der Waals surface area contributed by atoms with Gasteiger partial charge in [-0.3, -0.25) is 9.59 Å². The molecular formula is C26H36O4P+. The van der Waals surface area contributed by atoms with E-state index in [1.165, 1.54) is 14.7 Å². The van der Waals surface area contributed by atoms with Crippen LogP contribution >= 0.6 is 9.12 Å². The number of carbonyl (C=O) groups excluding carboxylic acids is 2. The largest absolute Gasteiger partial charge is 0.465 e. The highest BCUT2D eigenvalue weighted by Gasteiger charge is 2.33. The van der Waals surface area contributed by atoms with Gasteiger partial charge in [-0.25, -0.2) is 0 Å². The van der Waals surface area contributed by atoms with Crippen LogP contribution in [0, 0.1) is 19.8 Å². The Morgan fingerprint density at radius 3 is 1.94 bits per heavy atom. The van der Waals surface area contributed by atoms with Crippen LogP contribution in [0.3, 0.4) is 0 Å². The van der Waals surface area contributed by atoms with Gasteiger partial charge in [0.1, 0.15) is 5.92 Å². The van der Waals surface area contributed by atoms with E-state index in [-0.39, 0.29) is 11.2 Å². The first-order chi connectivity index (χ1) is 14.5. The average molecular weight is 444 g/mol. The molecule has 2 aromatic carbocycles. The van der Waals surface area contributed by atoms with E-state index in [9.17, 15) is 9.59 Å². The molecule has 0 aliphatic rings. The summed E-state index contributed by atoms with van der Waals surface area (Å²) in [5.74, 6) is -1.17. The number of ketones is 1. The van der Waals surface area contributed by atoms with Crippen LogP contribution in [0.1, 0.15) is 79.6 Å². The predicted octanol–water partition coefficient (Wildman–Crippen LogP) is 6.36. The molecule has 31 heavy (non-hydrogen) atoms. The maximum Gasteiger partial charge on any atom is 0.321 e. The van der Waals surface area contributed by atoms with Crippen molar-refractivity contribution in [3.05, 3.63) is 70.3 Å². The molecule has 0 aliphatic heterocycles. The Morgan fingerprint density at radius 1 is 0.968 bits per heavy atom. The quantitative estimate of drug-likeness (QED) is 0.216. The topological polar surface area (TPSA) is 60.4 Å². The van der Waals surface area contributed by atoms with Gasteiger partial charge in [0, 0.05) is 5.56 Å². The fourth-order valence-electron chi connectivity index (χ4n) is 3.45. The first-order valence-corrected chi connectivity index (χ1v) is 11.1. The molecule has 0 amide bonds. The van der Waals surface area contributed by atoms with Crippen LogP contribution in [-0.2, 0) is 19.5 Å². The van der Waals surface area contributed by atoms with Crippen LogP contribution in [0.15, 0.2) is 42.5 Å². The molecule has 4 nitrogen and oxygen atoms in total. The van der Waals surface area contributed by atoms with E-state index < -0.39 is 11.9 Å². The van der Waals surface area contributed by atoms with Crippen LogP contribution in [0.25, 0.3) is 0 Å². The summed E-state index contributed by atoms with van der Waals surface area (Å²) in [6, 6.07) is 13.3. The molecule has 0 bridgehead atoms. The van der Waals surface area contributed by atoms with E-state index >= 15 is 0 Å². The summed E-state index contributed by atoms with van der Waals surface area (Å²) in [4.78, 5) is 26.5. The average Bonchev–Trinajstić information content (AvgIpc) is 2.69. The zero-order chi connectivity index (χ0) is 23.8. The second-order valence-electron chi connectivity index (χ2n) is 9.29. The Kier molecular flexibility index (Phi) is 10.3. The van der Waals surface area contributed by atoms with Crippen molar-refractivity contribution in [3.63, 3.8) is 0 Å². The smallest absolute Gasteiger partial charge is 0.321 e. The van der Waals surface area contributed by atoms with E-state index in [1.807, 2.05) is 44.2 Å². The van der Waals surface area contributed by atoms with E-state index in [0.717, 1.165) is 17.5 Å². The molecule has 168 valence electrons. The van der Waals surface area contributed by atoms with Gasteiger partial charge in [0.2, 0.25) is 0 Å². The van der Waals surface area contributed by atoms with Gasteiger partial charge in [0.15, 0.2) is 5.78 Å². The number of carbonyl (C=O) groups is 2. The van der Waals surface area contributed by atoms with Crippen molar-refractivity contribution in [2.45, 2.75) is 66.2 Å². The summed E-state index contributed by atoms with van der Waals surface area (Å²) in [5, 5.41) is 0. The van der Waals surface area contributed by atoms with Gasteiger partial charge in [0.25, 0.3) is 0 Å². The summed E-state index contributed by atoms with van der Waals surface area (Å²) >= 11 is 0. The van der Waals surface area contributed by atoms with Gasteiger partial charge in [-0.2, -0.15) is 0 Å². The third-order valence-electron chi connectivity index (χ3n) is 5.22. The third-order valence-corrected chi connectivity index (χ3v) is 5.22. The second kappa shape index (κ2) is 11.9. The Hall–Kier alpha value is -2.32. The van der Waals surface area contributed by atoms with Gasteiger partial charge in [-0.1, -0.05) is 81.6 Å². The summed E-state index contributed by atoms with van der Waals surface area (Å²) in [6.45, 7) is 14.8. The monoisotopic (exact) mass is 443 g/mol. The molecule has 5 heteroatoms. The molecule has 2 rings (SSSR count). The molecule has 0 N–H and O–H groups in total. The van der Waals surface area contributed by atoms with E-state index in [2.05, 4.69) is 46.8 Å². The Bertz CT molecular complexity index is 859. The molecule has 2 atom stereocenters. The predicted molar refractivity (Wildman–Crippen MR) is 129 cm³/mol. The van der Waals surface area contributed by atoms with Crippen molar-refractivity contribution in [2.24, 2.45) is 5.92 Å². The number of rotatable bonds is 7. The van der Waals surface area contributed by atoms with Crippen LogP contribution in [0.4, 0.5) is 0 Å². The van der Waals surface area contributed by atoms with Gasteiger partial charge in [0.05, 0.1) is 6.61 Å². The van der Waals surface area contributed by atoms with Crippen molar-refractivity contribution in [2.75, 3.05) is 6.61 Å². The Balaban J connectivity index is 0.00000233. The first-order valence-electron chi connectivity index (χ1n) is 10.6. The highest BCUT2D eigenvalue weighted by molar-refractivity contribution is 7.00. The molecule has 0 heterocycles. The molecule has 0 saturated carbocycles. The number of Topliss-reactive ketones (excluding diaryl/α,β-unsaturated/α-hetero) is 1. The van der Waals surface area contributed by atoms with Crippen molar-refractivity contribution < 1.29 is 18.9 Å². The van der Waals surface area contributed by atoms with Crippen molar-refractivity contribution in [3.8, 4) is 0 Å². The number of hydrogen-bond donors (Lipinski definition) is 0. The third kappa shape index (κ3) is 7.40. The molecule has 0 aliphatic carbocycles. The number of benzene rings is 2. The highest BCUT2D eigenvalue weighted by Crippen LogP contribution is 2.31. The van der Waals surface area contributed by atoms with Gasteiger partial charge in [-0.15, -0.1) is 0 Å².